The molecule has 8 heteroatoms. The molecule has 39 heavy (non-hydrogen) atoms. The predicted octanol–water partition coefficient (Wildman–Crippen LogP) is 6.24. The van der Waals surface area contributed by atoms with E-state index in [0.29, 0.717) is 29.1 Å². The molecule has 0 saturated heterocycles. The van der Waals surface area contributed by atoms with Gasteiger partial charge in [0.05, 0.1) is 18.5 Å². The zero-order valence-corrected chi connectivity index (χ0v) is 22.1. The molecule has 0 radical (unpaired) electrons. The standard InChI is InChI=1S/C31H32N4O4/c1-20-7-3-6-10-25(20)30(37)33-23-13-16-26(29(36)17-23)27-18-28(22-8-4-5-9-22)35(34-27)31(38)32-19-21-11-14-24(39-2)15-12-21/h3,6-7,10-18,22,36H,4-5,8-9,19H2,1-2H3,(H,32,38)(H,33,37). The molecule has 1 heterocycles. The first kappa shape index (κ1) is 26.0. The molecule has 2 amide bonds. The Bertz CT molecular complexity index is 1490. The van der Waals surface area contributed by atoms with E-state index in [9.17, 15) is 14.7 Å². The zero-order chi connectivity index (χ0) is 27.4. The van der Waals surface area contributed by atoms with E-state index in [4.69, 9.17) is 4.74 Å². The number of phenols is 1. The summed E-state index contributed by atoms with van der Waals surface area (Å²) in [5.41, 5.74) is 4.69. The second kappa shape index (κ2) is 11.4. The van der Waals surface area contributed by atoms with Gasteiger partial charge in [-0.05, 0) is 67.3 Å². The van der Waals surface area contributed by atoms with Crippen LogP contribution >= 0.6 is 0 Å². The van der Waals surface area contributed by atoms with E-state index >= 15 is 0 Å². The minimum Gasteiger partial charge on any atom is -0.507 e. The van der Waals surface area contributed by atoms with Crippen molar-refractivity contribution in [2.45, 2.75) is 45.1 Å². The van der Waals surface area contributed by atoms with Crippen molar-refractivity contribution in [3.8, 4) is 22.8 Å². The molecule has 0 unspecified atom stereocenters. The number of amides is 2. The molecule has 8 nitrogen and oxygen atoms in total. The minimum atomic E-state index is -0.319. The quantitative estimate of drug-likeness (QED) is 0.265. The van der Waals surface area contributed by atoms with E-state index in [0.717, 1.165) is 48.3 Å². The van der Waals surface area contributed by atoms with Crippen molar-refractivity contribution in [2.24, 2.45) is 0 Å². The monoisotopic (exact) mass is 524 g/mol. The van der Waals surface area contributed by atoms with Crippen molar-refractivity contribution in [2.75, 3.05) is 12.4 Å². The second-order valence-corrected chi connectivity index (χ2v) is 9.86. The summed E-state index contributed by atoms with van der Waals surface area (Å²) in [6.45, 7) is 2.23. The van der Waals surface area contributed by atoms with E-state index in [-0.39, 0.29) is 23.6 Å². The molecule has 1 aliphatic rings. The molecule has 3 aromatic carbocycles. The highest BCUT2D eigenvalue weighted by Crippen LogP contribution is 2.38. The van der Waals surface area contributed by atoms with Crippen molar-refractivity contribution in [1.82, 2.24) is 15.1 Å². The summed E-state index contributed by atoms with van der Waals surface area (Å²) in [4.78, 5) is 25.9. The van der Waals surface area contributed by atoms with E-state index in [1.807, 2.05) is 55.5 Å². The highest BCUT2D eigenvalue weighted by Gasteiger charge is 2.26. The van der Waals surface area contributed by atoms with E-state index in [1.165, 1.54) is 10.7 Å². The third kappa shape index (κ3) is 5.80. The number of ether oxygens (including phenoxy) is 1. The summed E-state index contributed by atoms with van der Waals surface area (Å²) >= 11 is 0. The number of hydrogen-bond acceptors (Lipinski definition) is 5. The van der Waals surface area contributed by atoms with Crippen molar-refractivity contribution < 1.29 is 19.4 Å². The van der Waals surface area contributed by atoms with Crippen LogP contribution in [0, 0.1) is 6.92 Å². The first-order chi connectivity index (χ1) is 18.9. The van der Waals surface area contributed by atoms with Gasteiger partial charge in [-0.2, -0.15) is 9.78 Å². The van der Waals surface area contributed by atoms with Gasteiger partial charge in [0.25, 0.3) is 5.91 Å². The lowest BCUT2D eigenvalue weighted by Gasteiger charge is -2.12. The smallest absolute Gasteiger partial charge is 0.342 e. The molecule has 1 fully saturated rings. The van der Waals surface area contributed by atoms with Crippen LogP contribution in [-0.2, 0) is 6.54 Å². The normalized spacial score (nSPS) is 13.3. The van der Waals surface area contributed by atoms with Gasteiger partial charge < -0.3 is 20.5 Å². The van der Waals surface area contributed by atoms with Crippen LogP contribution in [-0.4, -0.2) is 33.9 Å². The highest BCUT2D eigenvalue weighted by atomic mass is 16.5. The Morgan fingerprint density at radius 3 is 2.46 bits per heavy atom. The van der Waals surface area contributed by atoms with E-state index in [2.05, 4.69) is 15.7 Å². The van der Waals surface area contributed by atoms with Crippen molar-refractivity contribution >= 4 is 17.6 Å². The Morgan fingerprint density at radius 1 is 1.03 bits per heavy atom. The molecule has 1 aromatic heterocycles. The number of hydrogen-bond donors (Lipinski definition) is 3. The molecule has 4 aromatic rings. The van der Waals surface area contributed by atoms with Crippen LogP contribution in [0.25, 0.3) is 11.3 Å². The average molecular weight is 525 g/mol. The first-order valence-electron chi connectivity index (χ1n) is 13.1. The lowest BCUT2D eigenvalue weighted by atomic mass is 10.0. The molecule has 0 aliphatic heterocycles. The SMILES string of the molecule is COc1ccc(CNC(=O)n2nc(-c3ccc(NC(=O)c4ccccc4C)cc3O)cc2C2CCCC2)cc1. The van der Waals surface area contributed by atoms with Crippen LogP contribution in [0.3, 0.4) is 0 Å². The van der Waals surface area contributed by atoms with Gasteiger partial charge in [0.15, 0.2) is 0 Å². The summed E-state index contributed by atoms with van der Waals surface area (Å²) in [5, 5.41) is 21.3. The van der Waals surface area contributed by atoms with Crippen LogP contribution in [0.5, 0.6) is 11.5 Å². The van der Waals surface area contributed by atoms with Gasteiger partial charge >= 0.3 is 6.03 Å². The Labute approximate surface area is 227 Å². The highest BCUT2D eigenvalue weighted by molar-refractivity contribution is 6.05. The number of anilines is 1. The van der Waals surface area contributed by atoms with Gasteiger partial charge in [-0.1, -0.05) is 43.2 Å². The number of rotatable bonds is 7. The lowest BCUT2D eigenvalue weighted by molar-refractivity contribution is 0.102. The largest absolute Gasteiger partial charge is 0.507 e. The number of carbonyl (C=O) groups excluding carboxylic acids is 2. The number of aromatic nitrogens is 2. The van der Waals surface area contributed by atoms with Gasteiger partial charge in [0.2, 0.25) is 0 Å². The van der Waals surface area contributed by atoms with Gasteiger partial charge in [-0.15, -0.1) is 0 Å². The molecule has 200 valence electrons. The maximum atomic E-state index is 13.2. The van der Waals surface area contributed by atoms with Crippen LogP contribution in [0.1, 0.15) is 58.8 Å². The Balaban J connectivity index is 1.36. The average Bonchev–Trinajstić information content (AvgIpc) is 3.63. The summed E-state index contributed by atoms with van der Waals surface area (Å²) in [5.74, 6) is 0.708. The summed E-state index contributed by atoms with van der Waals surface area (Å²) < 4.78 is 6.63. The predicted molar refractivity (Wildman–Crippen MR) is 150 cm³/mol. The molecule has 1 aliphatic carbocycles. The number of nitrogens with zero attached hydrogens (tertiary/aromatic N) is 2. The van der Waals surface area contributed by atoms with E-state index < -0.39 is 0 Å². The molecular formula is C31H32N4O4. The van der Waals surface area contributed by atoms with Gasteiger partial charge in [0.1, 0.15) is 11.5 Å². The first-order valence-corrected chi connectivity index (χ1v) is 13.1. The Kier molecular flexibility index (Phi) is 7.63. The van der Waals surface area contributed by atoms with Gasteiger partial charge in [-0.25, -0.2) is 4.79 Å². The number of aryl methyl sites for hydroxylation is 1. The number of benzene rings is 3. The summed E-state index contributed by atoms with van der Waals surface area (Å²) in [7, 11) is 1.61. The zero-order valence-electron chi connectivity index (χ0n) is 22.1. The molecule has 1 saturated carbocycles. The van der Waals surface area contributed by atoms with Gasteiger partial charge in [-0.3, -0.25) is 4.79 Å². The molecular weight excluding hydrogens is 492 g/mol. The Morgan fingerprint density at radius 2 is 1.77 bits per heavy atom. The lowest BCUT2D eigenvalue weighted by Crippen LogP contribution is -2.30. The number of phenolic OH excluding ortho intramolecular Hbond substituents is 1. The van der Waals surface area contributed by atoms with Gasteiger partial charge in [0, 0.05) is 35.3 Å². The number of aromatic hydroxyl groups is 1. The maximum Gasteiger partial charge on any atom is 0.342 e. The summed E-state index contributed by atoms with van der Waals surface area (Å²) in [6, 6.07) is 21.4. The Hall–Kier alpha value is -4.59. The molecule has 0 spiro atoms. The fourth-order valence-electron chi connectivity index (χ4n) is 5.05. The minimum absolute atomic E-state index is 0.0288. The van der Waals surface area contributed by atoms with Crippen LogP contribution < -0.4 is 15.4 Å². The van der Waals surface area contributed by atoms with Crippen molar-refractivity contribution in [3.05, 3.63) is 95.2 Å². The van der Waals surface area contributed by atoms with Crippen LogP contribution in [0.15, 0.2) is 72.8 Å². The second-order valence-electron chi connectivity index (χ2n) is 9.86. The third-order valence-electron chi connectivity index (χ3n) is 7.23. The van der Waals surface area contributed by atoms with E-state index in [1.54, 1.807) is 25.3 Å². The third-order valence-corrected chi connectivity index (χ3v) is 7.23. The number of carbonyl (C=O) groups is 2. The van der Waals surface area contributed by atoms with Crippen molar-refractivity contribution in [1.29, 1.82) is 0 Å². The van der Waals surface area contributed by atoms with Crippen molar-refractivity contribution in [3.63, 3.8) is 0 Å². The number of nitrogens with one attached hydrogen (secondary N) is 2. The van der Waals surface area contributed by atoms with Crippen LogP contribution in [0.4, 0.5) is 10.5 Å². The molecule has 0 atom stereocenters. The summed E-state index contributed by atoms with van der Waals surface area (Å²) in [6.07, 6.45) is 4.21. The molecule has 5 rings (SSSR count). The fourth-order valence-corrected chi connectivity index (χ4v) is 5.05. The maximum absolute atomic E-state index is 13.2. The molecule has 3 N–H and O–H groups in total. The number of methoxy groups -OCH3 is 1. The topological polar surface area (TPSA) is 105 Å². The van der Waals surface area contributed by atoms with Crippen LogP contribution in [0.2, 0.25) is 0 Å². The fraction of sp³-hybridized carbons (Fsp3) is 0.258. The molecule has 0 bridgehead atoms.